The molecule has 0 unspecified atom stereocenters. The van der Waals surface area contributed by atoms with Gasteiger partial charge in [-0.2, -0.15) is 0 Å². The van der Waals surface area contributed by atoms with Crippen LogP contribution >= 0.6 is 11.3 Å². The van der Waals surface area contributed by atoms with Gasteiger partial charge in [-0.1, -0.05) is 60.7 Å². The molecule has 0 atom stereocenters. The van der Waals surface area contributed by atoms with Crippen LogP contribution in [0.25, 0.3) is 11.1 Å². The van der Waals surface area contributed by atoms with E-state index in [4.69, 9.17) is 4.74 Å². The number of thiophene rings is 1. The molecule has 1 aromatic heterocycles. The summed E-state index contributed by atoms with van der Waals surface area (Å²) in [5, 5.41) is 2.35. The number of benzene rings is 2. The molecule has 2 aliphatic heterocycles. The fourth-order valence-corrected chi connectivity index (χ4v) is 5.92. The summed E-state index contributed by atoms with van der Waals surface area (Å²) in [5.74, 6) is 0. The highest BCUT2D eigenvalue weighted by Crippen LogP contribution is 2.47. The standard InChI is InChI=1S/C24H25NOS/c1-3-7-19(8-4-1)17-25-14-12-24(13-15-25)23-21(11-16-26-24)22(18-27-23)20-9-5-2-6-10-20/h1-10,18H,11-17H2. The Morgan fingerprint density at radius 1 is 0.926 bits per heavy atom. The minimum absolute atomic E-state index is 0.0571. The van der Waals surface area contributed by atoms with Crippen LogP contribution in [0.15, 0.2) is 66.0 Å². The Morgan fingerprint density at radius 3 is 2.37 bits per heavy atom. The summed E-state index contributed by atoms with van der Waals surface area (Å²) in [4.78, 5) is 4.07. The Hall–Kier alpha value is -1.94. The van der Waals surface area contributed by atoms with Gasteiger partial charge in [-0.15, -0.1) is 11.3 Å². The molecule has 138 valence electrons. The summed E-state index contributed by atoms with van der Waals surface area (Å²) in [6.45, 7) is 4.10. The third kappa shape index (κ3) is 3.25. The van der Waals surface area contributed by atoms with Crippen LogP contribution in [0.4, 0.5) is 0 Å². The summed E-state index contributed by atoms with van der Waals surface area (Å²) < 4.78 is 6.46. The van der Waals surface area contributed by atoms with Gasteiger partial charge in [0.05, 0.1) is 6.61 Å². The van der Waals surface area contributed by atoms with Gasteiger partial charge in [0.15, 0.2) is 0 Å². The van der Waals surface area contributed by atoms with Crippen LogP contribution in [0.2, 0.25) is 0 Å². The molecule has 3 heteroatoms. The maximum absolute atomic E-state index is 6.46. The minimum atomic E-state index is -0.0571. The topological polar surface area (TPSA) is 12.5 Å². The number of fused-ring (bicyclic) bond motifs is 2. The first-order valence-electron chi connectivity index (χ1n) is 9.91. The van der Waals surface area contributed by atoms with E-state index in [1.54, 1.807) is 0 Å². The zero-order valence-corrected chi connectivity index (χ0v) is 16.4. The summed E-state index contributed by atoms with van der Waals surface area (Å²) in [6.07, 6.45) is 3.24. The molecule has 27 heavy (non-hydrogen) atoms. The second-order valence-electron chi connectivity index (χ2n) is 7.68. The maximum atomic E-state index is 6.46. The summed E-state index contributed by atoms with van der Waals surface area (Å²) in [7, 11) is 0. The molecular formula is C24H25NOS. The molecule has 0 bridgehead atoms. The number of hydrogen-bond donors (Lipinski definition) is 0. The number of ether oxygens (including phenoxy) is 1. The number of rotatable bonds is 3. The van der Waals surface area contributed by atoms with Gasteiger partial charge < -0.3 is 4.74 Å². The lowest BCUT2D eigenvalue weighted by molar-refractivity contribution is -0.0960. The first kappa shape index (κ1) is 17.2. The van der Waals surface area contributed by atoms with E-state index in [0.29, 0.717) is 0 Å². The lowest BCUT2D eigenvalue weighted by Gasteiger charge is -2.44. The molecule has 0 radical (unpaired) electrons. The number of likely N-dealkylation sites (tertiary alicyclic amines) is 1. The van der Waals surface area contributed by atoms with Crippen LogP contribution < -0.4 is 0 Å². The lowest BCUT2D eigenvalue weighted by Crippen LogP contribution is -2.45. The molecule has 3 aromatic rings. The second kappa shape index (κ2) is 7.23. The van der Waals surface area contributed by atoms with Crippen molar-refractivity contribution in [3.8, 4) is 11.1 Å². The summed E-state index contributed by atoms with van der Waals surface area (Å²) >= 11 is 1.91. The van der Waals surface area contributed by atoms with E-state index < -0.39 is 0 Å². The van der Waals surface area contributed by atoms with Crippen molar-refractivity contribution in [1.29, 1.82) is 0 Å². The predicted molar refractivity (Wildman–Crippen MR) is 112 cm³/mol. The molecule has 0 saturated carbocycles. The van der Waals surface area contributed by atoms with Crippen LogP contribution in [0.5, 0.6) is 0 Å². The van der Waals surface area contributed by atoms with Crippen LogP contribution in [-0.4, -0.2) is 24.6 Å². The monoisotopic (exact) mass is 375 g/mol. The minimum Gasteiger partial charge on any atom is -0.369 e. The maximum Gasteiger partial charge on any atom is 0.105 e. The first-order valence-corrected chi connectivity index (χ1v) is 10.8. The molecular weight excluding hydrogens is 350 g/mol. The van der Waals surface area contributed by atoms with Gasteiger partial charge >= 0.3 is 0 Å². The predicted octanol–water partition coefficient (Wildman–Crippen LogP) is 5.48. The van der Waals surface area contributed by atoms with Crippen LogP contribution in [-0.2, 0) is 23.3 Å². The van der Waals surface area contributed by atoms with E-state index in [1.807, 2.05) is 11.3 Å². The fourth-order valence-electron chi connectivity index (χ4n) is 4.57. The van der Waals surface area contributed by atoms with E-state index in [0.717, 1.165) is 45.5 Å². The first-order chi connectivity index (χ1) is 13.3. The van der Waals surface area contributed by atoms with Crippen molar-refractivity contribution < 1.29 is 4.74 Å². The number of piperidine rings is 1. The largest absolute Gasteiger partial charge is 0.369 e. The van der Waals surface area contributed by atoms with Crippen molar-refractivity contribution in [1.82, 2.24) is 4.90 Å². The quantitative estimate of drug-likeness (QED) is 0.601. The highest BCUT2D eigenvalue weighted by atomic mass is 32.1. The molecule has 3 heterocycles. The third-order valence-corrected chi connectivity index (χ3v) is 7.24. The van der Waals surface area contributed by atoms with Crippen LogP contribution in [0, 0.1) is 0 Å². The Kier molecular flexibility index (Phi) is 4.60. The van der Waals surface area contributed by atoms with Gasteiger partial charge in [-0.25, -0.2) is 0 Å². The highest BCUT2D eigenvalue weighted by Gasteiger charge is 2.42. The Bertz CT molecular complexity index is 895. The average molecular weight is 376 g/mol. The van der Waals surface area contributed by atoms with E-state index in [-0.39, 0.29) is 5.60 Å². The zero-order chi connectivity index (χ0) is 18.1. The molecule has 2 nitrogen and oxygen atoms in total. The zero-order valence-electron chi connectivity index (χ0n) is 15.6. The van der Waals surface area contributed by atoms with E-state index >= 15 is 0 Å². The molecule has 0 N–H and O–H groups in total. The summed E-state index contributed by atoms with van der Waals surface area (Å²) in [6, 6.07) is 21.6. The Morgan fingerprint density at radius 2 is 1.63 bits per heavy atom. The molecule has 5 rings (SSSR count). The van der Waals surface area contributed by atoms with Gasteiger partial charge in [0, 0.05) is 24.5 Å². The van der Waals surface area contributed by atoms with Gasteiger partial charge in [0.2, 0.25) is 0 Å². The molecule has 0 aliphatic carbocycles. The van der Waals surface area contributed by atoms with Crippen LogP contribution in [0.1, 0.15) is 28.8 Å². The van der Waals surface area contributed by atoms with Gasteiger partial charge in [0.25, 0.3) is 0 Å². The summed E-state index contributed by atoms with van der Waals surface area (Å²) in [5.41, 5.74) is 5.65. The second-order valence-corrected chi connectivity index (χ2v) is 8.56. The van der Waals surface area contributed by atoms with Gasteiger partial charge in [0.1, 0.15) is 5.60 Å². The van der Waals surface area contributed by atoms with E-state index in [9.17, 15) is 0 Å². The van der Waals surface area contributed by atoms with Crippen LogP contribution in [0.3, 0.4) is 0 Å². The van der Waals surface area contributed by atoms with Crippen molar-refractivity contribution in [3.05, 3.63) is 82.0 Å². The fraction of sp³-hybridized carbons (Fsp3) is 0.333. The number of nitrogens with zero attached hydrogens (tertiary/aromatic N) is 1. The number of hydrogen-bond acceptors (Lipinski definition) is 3. The van der Waals surface area contributed by atoms with Crippen molar-refractivity contribution in [2.24, 2.45) is 0 Å². The molecule has 1 fully saturated rings. The molecule has 1 spiro atoms. The average Bonchev–Trinajstić information content (AvgIpc) is 3.17. The van der Waals surface area contributed by atoms with E-state index in [2.05, 4.69) is 70.9 Å². The smallest absolute Gasteiger partial charge is 0.105 e. The SMILES string of the molecule is c1ccc(CN2CCC3(CC2)OCCc2c(-c4ccccc4)csc23)cc1. The molecule has 0 amide bonds. The van der Waals surface area contributed by atoms with Crippen molar-refractivity contribution in [2.45, 2.75) is 31.4 Å². The van der Waals surface area contributed by atoms with Gasteiger partial charge in [-0.05, 0) is 46.9 Å². The third-order valence-electron chi connectivity index (χ3n) is 6.04. The van der Waals surface area contributed by atoms with Crippen molar-refractivity contribution in [3.63, 3.8) is 0 Å². The molecule has 2 aliphatic rings. The van der Waals surface area contributed by atoms with Gasteiger partial charge in [-0.3, -0.25) is 4.90 Å². The lowest BCUT2D eigenvalue weighted by atomic mass is 9.83. The van der Waals surface area contributed by atoms with E-state index in [1.165, 1.54) is 27.1 Å². The Balaban J connectivity index is 1.36. The molecule has 2 aromatic carbocycles. The van der Waals surface area contributed by atoms with Crippen molar-refractivity contribution >= 4 is 11.3 Å². The Labute approximate surface area is 165 Å². The molecule has 1 saturated heterocycles. The normalized spacial score (nSPS) is 19.1. The van der Waals surface area contributed by atoms with Crippen molar-refractivity contribution in [2.75, 3.05) is 19.7 Å². The highest BCUT2D eigenvalue weighted by molar-refractivity contribution is 7.10.